The maximum absolute atomic E-state index is 13.8. The van der Waals surface area contributed by atoms with E-state index in [2.05, 4.69) is 5.32 Å². The van der Waals surface area contributed by atoms with Crippen LogP contribution in [0.5, 0.6) is 5.75 Å². The van der Waals surface area contributed by atoms with Crippen LogP contribution in [-0.2, 0) is 27.3 Å². The van der Waals surface area contributed by atoms with Gasteiger partial charge in [-0.25, -0.2) is 0 Å². The summed E-state index contributed by atoms with van der Waals surface area (Å²) in [7, 11) is 0. The molecule has 1 heterocycles. The first-order chi connectivity index (χ1) is 17.1. The number of benzene rings is 3. The third-order valence-corrected chi connectivity index (χ3v) is 6.81. The second-order valence-electron chi connectivity index (χ2n) is 9.22. The molecular formula is C27H22N2O7. The van der Waals surface area contributed by atoms with Crippen molar-refractivity contribution in [2.24, 2.45) is 0 Å². The maximum atomic E-state index is 13.8. The molecule has 5 rings (SSSR count). The van der Waals surface area contributed by atoms with E-state index in [1.165, 1.54) is 36.4 Å². The fraction of sp³-hybridized carbons (Fsp3) is 0.222. The number of hydrogen-bond acceptors (Lipinski definition) is 7. The molecular weight excluding hydrogens is 464 g/mol. The number of amides is 1. The smallest absolute Gasteiger partial charge is 0.288 e. The fourth-order valence-electron chi connectivity index (χ4n) is 4.96. The van der Waals surface area contributed by atoms with Gasteiger partial charge in [-0.05, 0) is 17.5 Å². The Morgan fingerprint density at radius 2 is 1.75 bits per heavy atom. The number of hydrogen-bond donors (Lipinski definition) is 2. The van der Waals surface area contributed by atoms with Crippen molar-refractivity contribution in [3.8, 4) is 5.75 Å². The van der Waals surface area contributed by atoms with E-state index in [9.17, 15) is 29.6 Å². The lowest BCUT2D eigenvalue weighted by Crippen LogP contribution is -2.61. The van der Waals surface area contributed by atoms with Gasteiger partial charge in [0.15, 0.2) is 0 Å². The van der Waals surface area contributed by atoms with Crippen LogP contribution in [-0.4, -0.2) is 27.5 Å². The number of nitro benzene ring substituents is 1. The zero-order chi connectivity index (χ0) is 25.8. The Hall–Kier alpha value is -4.37. The number of carbonyl (C=O) groups is 3. The minimum atomic E-state index is -2.28. The average Bonchev–Trinajstić information content (AvgIpc) is 3.21. The predicted octanol–water partition coefficient (Wildman–Crippen LogP) is 3.28. The summed E-state index contributed by atoms with van der Waals surface area (Å²) in [4.78, 5) is 50.6. The molecule has 0 saturated carbocycles. The molecule has 2 N–H and O–H groups in total. The molecule has 1 aliphatic carbocycles. The maximum Gasteiger partial charge on any atom is 0.288 e. The molecule has 9 heteroatoms. The highest BCUT2D eigenvalue weighted by molar-refractivity contribution is 6.37. The second-order valence-corrected chi connectivity index (χ2v) is 9.22. The van der Waals surface area contributed by atoms with Crippen LogP contribution >= 0.6 is 0 Å². The van der Waals surface area contributed by atoms with Crippen molar-refractivity contribution < 1.29 is 29.2 Å². The number of rotatable bonds is 6. The van der Waals surface area contributed by atoms with Crippen molar-refractivity contribution in [1.29, 1.82) is 0 Å². The van der Waals surface area contributed by atoms with Gasteiger partial charge in [0.1, 0.15) is 5.75 Å². The van der Waals surface area contributed by atoms with Gasteiger partial charge >= 0.3 is 0 Å². The molecule has 0 spiro atoms. The number of ether oxygens (including phenoxy) is 1. The second kappa shape index (κ2) is 8.10. The zero-order valence-electron chi connectivity index (χ0n) is 19.5. The summed E-state index contributed by atoms with van der Waals surface area (Å²) >= 11 is 0. The topological polar surface area (TPSA) is 136 Å². The Balaban J connectivity index is 1.57. The molecule has 2 atom stereocenters. The predicted molar refractivity (Wildman–Crippen MR) is 127 cm³/mol. The van der Waals surface area contributed by atoms with Crippen molar-refractivity contribution in [2.45, 2.75) is 37.5 Å². The number of nitro groups is 1. The summed E-state index contributed by atoms with van der Waals surface area (Å²) in [6.07, 6.45) is -0.557. The summed E-state index contributed by atoms with van der Waals surface area (Å²) in [5.41, 5.74) is -0.894. The van der Waals surface area contributed by atoms with E-state index in [1.54, 1.807) is 30.3 Å². The molecule has 0 aromatic heterocycles. The van der Waals surface area contributed by atoms with E-state index in [4.69, 9.17) is 4.74 Å². The highest BCUT2D eigenvalue weighted by atomic mass is 16.6. The standard InChI is InChI=1S/C27H22N2O7/c1-15(2)16-11-12-20-23(14-16)36-27(33)19-9-5-4-8-18(19)24(31)26(20,27)28-25(32)22(30)13-17-7-3-6-10-21(17)29(34)35/h3-12,14-15,33H,13H2,1-2H3,(H,28,32). The minimum absolute atomic E-state index is 0.0566. The van der Waals surface area contributed by atoms with Crippen LogP contribution in [0.4, 0.5) is 5.69 Å². The van der Waals surface area contributed by atoms with Gasteiger partial charge in [-0.1, -0.05) is 68.4 Å². The normalized spacial score (nSPS) is 21.4. The van der Waals surface area contributed by atoms with Gasteiger partial charge in [0, 0.05) is 34.7 Å². The van der Waals surface area contributed by atoms with Gasteiger partial charge in [0.25, 0.3) is 17.4 Å². The van der Waals surface area contributed by atoms with Crippen molar-refractivity contribution in [1.82, 2.24) is 5.32 Å². The Morgan fingerprint density at radius 1 is 1.06 bits per heavy atom. The summed E-state index contributed by atoms with van der Waals surface area (Å²) < 4.78 is 5.98. The van der Waals surface area contributed by atoms with Crippen molar-refractivity contribution in [2.75, 3.05) is 0 Å². The van der Waals surface area contributed by atoms with Gasteiger partial charge < -0.3 is 15.2 Å². The SMILES string of the molecule is CC(C)c1ccc2c(c1)OC1(O)c3ccccc3C(=O)C21NC(=O)C(=O)Cc1ccccc1[N+](=O)[O-]. The third-order valence-electron chi connectivity index (χ3n) is 6.81. The number of fused-ring (bicyclic) bond motifs is 5. The van der Waals surface area contributed by atoms with Crippen LogP contribution < -0.4 is 10.1 Å². The highest BCUT2D eigenvalue weighted by Gasteiger charge is 2.71. The third kappa shape index (κ3) is 3.16. The Bertz CT molecular complexity index is 1460. The van der Waals surface area contributed by atoms with Gasteiger partial charge in [0.2, 0.25) is 17.1 Å². The van der Waals surface area contributed by atoms with Crippen LogP contribution in [0.25, 0.3) is 0 Å². The number of aliphatic hydroxyl groups is 1. The van der Waals surface area contributed by atoms with Gasteiger partial charge in [-0.2, -0.15) is 0 Å². The molecule has 2 aliphatic rings. The lowest BCUT2D eigenvalue weighted by Gasteiger charge is -2.34. The van der Waals surface area contributed by atoms with E-state index in [0.717, 1.165) is 5.56 Å². The first-order valence-electron chi connectivity index (χ1n) is 11.4. The molecule has 0 fully saturated rings. The molecule has 36 heavy (non-hydrogen) atoms. The monoisotopic (exact) mass is 486 g/mol. The van der Waals surface area contributed by atoms with Crippen molar-refractivity contribution >= 4 is 23.2 Å². The van der Waals surface area contributed by atoms with E-state index >= 15 is 0 Å². The average molecular weight is 486 g/mol. The van der Waals surface area contributed by atoms with Crippen molar-refractivity contribution in [3.05, 3.63) is 105 Å². The minimum Gasteiger partial charge on any atom is -0.454 e. The Morgan fingerprint density at radius 3 is 2.47 bits per heavy atom. The van der Waals surface area contributed by atoms with Crippen LogP contribution in [0, 0.1) is 10.1 Å². The van der Waals surface area contributed by atoms with Crippen LogP contribution in [0.2, 0.25) is 0 Å². The number of Topliss-reactive ketones (excluding diaryl/α,β-unsaturated/α-hetero) is 2. The van der Waals surface area contributed by atoms with Crippen LogP contribution in [0.3, 0.4) is 0 Å². The lowest BCUT2D eigenvalue weighted by atomic mass is 9.82. The Labute approximate surface area is 205 Å². The molecule has 1 amide bonds. The number of ketones is 2. The molecule has 3 aromatic carbocycles. The summed E-state index contributed by atoms with van der Waals surface area (Å²) in [5, 5.41) is 25.6. The molecule has 0 saturated heterocycles. The molecule has 0 bridgehead atoms. The molecule has 0 radical (unpaired) electrons. The zero-order valence-corrected chi connectivity index (χ0v) is 19.5. The molecule has 2 unspecified atom stereocenters. The van der Waals surface area contributed by atoms with E-state index in [-0.39, 0.29) is 39.6 Å². The van der Waals surface area contributed by atoms with Gasteiger partial charge in [-0.3, -0.25) is 24.5 Å². The quantitative estimate of drug-likeness (QED) is 0.310. The number of carbonyl (C=O) groups excluding carboxylic acids is 3. The van der Waals surface area contributed by atoms with Gasteiger partial charge in [-0.15, -0.1) is 0 Å². The Kier molecular flexibility index (Phi) is 5.26. The molecule has 3 aromatic rings. The molecule has 1 aliphatic heterocycles. The van der Waals surface area contributed by atoms with Crippen LogP contribution in [0.15, 0.2) is 66.7 Å². The van der Waals surface area contributed by atoms with Gasteiger partial charge in [0.05, 0.1) is 4.92 Å². The molecule has 182 valence electrons. The van der Waals surface area contributed by atoms with Crippen LogP contribution in [0.1, 0.15) is 52.4 Å². The molecule has 9 nitrogen and oxygen atoms in total. The first-order valence-corrected chi connectivity index (χ1v) is 11.4. The van der Waals surface area contributed by atoms with E-state index in [1.807, 2.05) is 13.8 Å². The van der Waals surface area contributed by atoms with Crippen molar-refractivity contribution in [3.63, 3.8) is 0 Å². The van der Waals surface area contributed by atoms with E-state index < -0.39 is 40.1 Å². The summed E-state index contributed by atoms with van der Waals surface area (Å²) in [6, 6.07) is 17.0. The largest absolute Gasteiger partial charge is 0.454 e. The number of nitrogens with zero attached hydrogens (tertiary/aromatic N) is 1. The summed E-state index contributed by atoms with van der Waals surface area (Å²) in [5.74, 6) is -4.73. The first kappa shape index (κ1) is 23.4. The summed E-state index contributed by atoms with van der Waals surface area (Å²) in [6.45, 7) is 3.96. The highest BCUT2D eigenvalue weighted by Crippen LogP contribution is 2.58. The fourth-order valence-corrected chi connectivity index (χ4v) is 4.96. The number of nitrogens with one attached hydrogen (secondary N) is 1. The van der Waals surface area contributed by atoms with E-state index in [0.29, 0.717) is 0 Å². The lowest BCUT2D eigenvalue weighted by molar-refractivity contribution is -0.385. The number of para-hydroxylation sites is 1.